The van der Waals surface area contributed by atoms with Gasteiger partial charge in [-0.05, 0) is 36.6 Å². The summed E-state index contributed by atoms with van der Waals surface area (Å²) in [5.74, 6) is 1.23. The number of nitrogens with zero attached hydrogens (tertiary/aromatic N) is 3. The summed E-state index contributed by atoms with van der Waals surface area (Å²) < 4.78 is 6.45. The van der Waals surface area contributed by atoms with E-state index in [2.05, 4.69) is 82.6 Å². The molecule has 3 aromatic rings. The number of rotatable bonds is 3. The third-order valence-corrected chi connectivity index (χ3v) is 5.44. The zero-order chi connectivity index (χ0) is 19.0. The molecule has 0 fully saturated rings. The van der Waals surface area contributed by atoms with Crippen molar-refractivity contribution in [2.45, 2.75) is 31.6 Å². The Morgan fingerprint density at radius 2 is 1.93 bits per heavy atom. The Balaban J connectivity index is 1.63. The third-order valence-electron chi connectivity index (χ3n) is 4.62. The second-order valence-electron chi connectivity index (χ2n) is 7.04. The second-order valence-corrected chi connectivity index (χ2v) is 7.85. The van der Waals surface area contributed by atoms with Gasteiger partial charge in [0.2, 0.25) is 5.96 Å². The molecule has 5 nitrogen and oxygen atoms in total. The lowest BCUT2D eigenvalue weighted by Crippen LogP contribution is -2.24. The molecule has 1 aliphatic heterocycles. The SMILES string of the molecule is Cc1nn(C)cc1-c1cccc2c1NC(Nc1cccc(C(C)C)c1)=NS2. The number of aryl methyl sites for hydroxylation is 2. The first-order valence-corrected chi connectivity index (χ1v) is 9.81. The molecular weight excluding hydrogens is 354 g/mol. The van der Waals surface area contributed by atoms with E-state index in [0.717, 1.165) is 39.1 Å². The van der Waals surface area contributed by atoms with Gasteiger partial charge in [-0.1, -0.05) is 38.1 Å². The van der Waals surface area contributed by atoms with Crippen LogP contribution in [0.2, 0.25) is 0 Å². The van der Waals surface area contributed by atoms with Gasteiger partial charge in [-0.2, -0.15) is 9.50 Å². The van der Waals surface area contributed by atoms with Crippen LogP contribution in [-0.2, 0) is 7.05 Å². The van der Waals surface area contributed by atoms with Crippen molar-refractivity contribution in [1.82, 2.24) is 9.78 Å². The molecule has 27 heavy (non-hydrogen) atoms. The van der Waals surface area contributed by atoms with Gasteiger partial charge < -0.3 is 10.6 Å². The topological polar surface area (TPSA) is 54.2 Å². The van der Waals surface area contributed by atoms with E-state index in [1.54, 1.807) is 0 Å². The predicted octanol–water partition coefficient (Wildman–Crippen LogP) is 5.42. The van der Waals surface area contributed by atoms with Gasteiger partial charge in [-0.15, -0.1) is 0 Å². The Morgan fingerprint density at radius 3 is 2.67 bits per heavy atom. The van der Waals surface area contributed by atoms with Crippen LogP contribution < -0.4 is 10.6 Å². The Bertz CT molecular complexity index is 1020. The summed E-state index contributed by atoms with van der Waals surface area (Å²) in [6.45, 7) is 6.43. The highest BCUT2D eigenvalue weighted by Crippen LogP contribution is 2.40. The lowest BCUT2D eigenvalue weighted by atomic mass is 10.0. The van der Waals surface area contributed by atoms with Crippen LogP contribution in [0.1, 0.15) is 31.0 Å². The number of fused-ring (bicyclic) bond motifs is 1. The summed E-state index contributed by atoms with van der Waals surface area (Å²) in [6.07, 6.45) is 2.06. The molecule has 1 aromatic heterocycles. The minimum atomic E-state index is 0.489. The number of benzene rings is 2. The highest BCUT2D eigenvalue weighted by Gasteiger charge is 2.19. The summed E-state index contributed by atoms with van der Waals surface area (Å²) in [6, 6.07) is 14.7. The smallest absolute Gasteiger partial charge is 0.212 e. The molecule has 0 saturated carbocycles. The number of para-hydroxylation sites is 1. The van der Waals surface area contributed by atoms with Gasteiger partial charge in [-0.25, -0.2) is 0 Å². The van der Waals surface area contributed by atoms with Crippen LogP contribution in [0.15, 0.2) is 58.0 Å². The average Bonchev–Trinajstić information content (AvgIpc) is 2.99. The monoisotopic (exact) mass is 377 g/mol. The number of aromatic nitrogens is 2. The van der Waals surface area contributed by atoms with Gasteiger partial charge in [-0.3, -0.25) is 4.68 Å². The minimum Gasteiger partial charge on any atom is -0.325 e. The average molecular weight is 378 g/mol. The fraction of sp³-hybridized carbons (Fsp3) is 0.238. The molecule has 2 N–H and O–H groups in total. The zero-order valence-electron chi connectivity index (χ0n) is 15.9. The number of hydrogen-bond donors (Lipinski definition) is 2. The summed E-state index contributed by atoms with van der Waals surface area (Å²) in [4.78, 5) is 1.11. The molecule has 0 spiro atoms. The molecule has 0 saturated heterocycles. The van der Waals surface area contributed by atoms with Crippen molar-refractivity contribution in [2.75, 3.05) is 10.6 Å². The fourth-order valence-electron chi connectivity index (χ4n) is 3.23. The Morgan fingerprint density at radius 1 is 1.11 bits per heavy atom. The molecule has 0 atom stereocenters. The molecule has 1 aliphatic rings. The van der Waals surface area contributed by atoms with E-state index in [0.29, 0.717) is 5.92 Å². The highest BCUT2D eigenvalue weighted by molar-refractivity contribution is 7.98. The minimum absolute atomic E-state index is 0.489. The lowest BCUT2D eigenvalue weighted by molar-refractivity contribution is 0.756. The van der Waals surface area contributed by atoms with Gasteiger partial charge in [0.05, 0.1) is 16.3 Å². The van der Waals surface area contributed by atoms with E-state index in [1.165, 1.54) is 17.5 Å². The van der Waals surface area contributed by atoms with E-state index in [4.69, 9.17) is 0 Å². The van der Waals surface area contributed by atoms with Gasteiger partial charge in [0.1, 0.15) is 0 Å². The molecule has 138 valence electrons. The largest absolute Gasteiger partial charge is 0.325 e. The van der Waals surface area contributed by atoms with Crippen LogP contribution in [0.25, 0.3) is 11.1 Å². The Hall–Kier alpha value is -2.73. The van der Waals surface area contributed by atoms with Crippen molar-refractivity contribution in [2.24, 2.45) is 11.4 Å². The van der Waals surface area contributed by atoms with Crippen LogP contribution in [0.4, 0.5) is 11.4 Å². The third kappa shape index (κ3) is 3.57. The molecule has 0 radical (unpaired) electrons. The van der Waals surface area contributed by atoms with E-state index in [9.17, 15) is 0 Å². The molecule has 4 rings (SSSR count). The maximum absolute atomic E-state index is 4.59. The standard InChI is InChI=1S/C21H23N5S/c1-13(2)15-7-5-8-16(11-15)22-21-23-20-17(9-6-10-19(20)27-25-21)18-12-26(4)24-14(18)3/h5-13H,1-4H3,(H2,22,23,25). The van der Waals surface area contributed by atoms with E-state index in [-0.39, 0.29) is 0 Å². The Kier molecular flexibility index (Phi) is 4.66. The van der Waals surface area contributed by atoms with Crippen LogP contribution in [-0.4, -0.2) is 15.7 Å². The second kappa shape index (κ2) is 7.12. The molecule has 2 heterocycles. The van der Waals surface area contributed by atoms with Crippen LogP contribution in [0.3, 0.4) is 0 Å². The normalized spacial score (nSPS) is 13.1. The van der Waals surface area contributed by atoms with Gasteiger partial charge in [0.25, 0.3) is 0 Å². The van der Waals surface area contributed by atoms with Crippen molar-refractivity contribution in [3.63, 3.8) is 0 Å². The molecule has 0 aliphatic carbocycles. The van der Waals surface area contributed by atoms with Crippen LogP contribution >= 0.6 is 11.9 Å². The number of nitrogens with one attached hydrogen (secondary N) is 2. The first kappa shape index (κ1) is 17.7. The maximum atomic E-state index is 4.59. The molecule has 0 unspecified atom stereocenters. The Labute approximate surface area is 164 Å². The van der Waals surface area contributed by atoms with Crippen molar-refractivity contribution in [1.29, 1.82) is 0 Å². The summed E-state index contributed by atoms with van der Waals surface area (Å²) >= 11 is 1.48. The van der Waals surface area contributed by atoms with E-state index >= 15 is 0 Å². The van der Waals surface area contributed by atoms with Gasteiger partial charge >= 0.3 is 0 Å². The van der Waals surface area contributed by atoms with Gasteiger partial charge in [0, 0.05) is 42.0 Å². The predicted molar refractivity (Wildman–Crippen MR) is 114 cm³/mol. The first-order chi connectivity index (χ1) is 13.0. The van der Waals surface area contributed by atoms with E-state index in [1.807, 2.05) is 18.7 Å². The highest BCUT2D eigenvalue weighted by atomic mass is 32.2. The number of guanidine groups is 1. The fourth-order valence-corrected chi connectivity index (χ4v) is 3.90. The van der Waals surface area contributed by atoms with Crippen LogP contribution in [0, 0.1) is 6.92 Å². The molecular formula is C21H23N5S. The summed E-state index contributed by atoms with van der Waals surface area (Å²) in [5, 5.41) is 11.4. The molecule has 0 amide bonds. The molecule has 2 aromatic carbocycles. The maximum Gasteiger partial charge on any atom is 0.212 e. The summed E-state index contributed by atoms with van der Waals surface area (Å²) in [5.41, 5.74) is 6.68. The summed E-state index contributed by atoms with van der Waals surface area (Å²) in [7, 11) is 1.95. The molecule has 6 heteroatoms. The number of anilines is 2. The quantitative estimate of drug-likeness (QED) is 0.599. The first-order valence-electron chi connectivity index (χ1n) is 9.04. The van der Waals surface area contributed by atoms with Crippen molar-refractivity contribution >= 4 is 29.3 Å². The van der Waals surface area contributed by atoms with Crippen LogP contribution in [0.5, 0.6) is 0 Å². The van der Waals surface area contributed by atoms with Crippen molar-refractivity contribution in [3.8, 4) is 11.1 Å². The zero-order valence-corrected chi connectivity index (χ0v) is 16.8. The van der Waals surface area contributed by atoms with Gasteiger partial charge in [0.15, 0.2) is 0 Å². The van der Waals surface area contributed by atoms with E-state index < -0.39 is 0 Å². The van der Waals surface area contributed by atoms with Crippen molar-refractivity contribution in [3.05, 3.63) is 59.9 Å². The lowest BCUT2D eigenvalue weighted by Gasteiger charge is -2.21. The molecule has 0 bridgehead atoms. The van der Waals surface area contributed by atoms with Crippen molar-refractivity contribution < 1.29 is 0 Å². The number of hydrogen-bond acceptors (Lipinski definition) is 5.